The molecule has 0 spiro atoms. The first-order valence-corrected chi connectivity index (χ1v) is 7.73. The maximum atomic E-state index is 12.3. The summed E-state index contributed by atoms with van der Waals surface area (Å²) in [6.07, 6.45) is 1.57. The Kier molecular flexibility index (Phi) is 4.89. The standard InChI is InChI=1S/C19H17N3O3/c1-25-19(24)16-13-22(12-14-8-4-2-5-9-14)21-17(16)20-18(23)15-10-6-3-7-11-15/h2-11,13H,12H2,1H3,(H,20,21,23). The van der Waals surface area contributed by atoms with Gasteiger partial charge in [0.15, 0.2) is 5.82 Å². The molecule has 1 N–H and O–H groups in total. The van der Waals surface area contributed by atoms with E-state index in [2.05, 4.69) is 10.4 Å². The SMILES string of the molecule is COC(=O)c1cn(Cc2ccccc2)nc1NC(=O)c1ccccc1. The Labute approximate surface area is 145 Å². The number of carbonyl (C=O) groups excluding carboxylic acids is 2. The van der Waals surface area contributed by atoms with Crippen LogP contribution in [0, 0.1) is 0 Å². The molecule has 3 aromatic rings. The second-order valence-corrected chi connectivity index (χ2v) is 5.39. The molecule has 3 rings (SSSR count). The molecule has 2 aromatic carbocycles. The van der Waals surface area contributed by atoms with Gasteiger partial charge >= 0.3 is 5.97 Å². The van der Waals surface area contributed by atoms with E-state index in [0.29, 0.717) is 12.1 Å². The molecule has 6 nitrogen and oxygen atoms in total. The summed E-state index contributed by atoms with van der Waals surface area (Å²) in [7, 11) is 1.29. The molecule has 1 heterocycles. The summed E-state index contributed by atoms with van der Waals surface area (Å²) in [6.45, 7) is 0.478. The number of aromatic nitrogens is 2. The van der Waals surface area contributed by atoms with E-state index in [4.69, 9.17) is 4.74 Å². The van der Waals surface area contributed by atoms with Gasteiger partial charge < -0.3 is 10.1 Å². The van der Waals surface area contributed by atoms with Crippen LogP contribution < -0.4 is 5.32 Å². The average Bonchev–Trinajstić information content (AvgIpc) is 3.04. The van der Waals surface area contributed by atoms with Crippen LogP contribution in [0.5, 0.6) is 0 Å². The van der Waals surface area contributed by atoms with Crippen LogP contribution in [0.4, 0.5) is 5.82 Å². The number of carbonyl (C=O) groups is 2. The molecule has 6 heteroatoms. The summed E-state index contributed by atoms with van der Waals surface area (Å²) < 4.78 is 6.38. The van der Waals surface area contributed by atoms with Crippen LogP contribution in [-0.2, 0) is 11.3 Å². The molecule has 1 amide bonds. The Balaban J connectivity index is 1.86. The van der Waals surface area contributed by atoms with Crippen LogP contribution in [0.25, 0.3) is 0 Å². The van der Waals surface area contributed by atoms with E-state index >= 15 is 0 Å². The van der Waals surface area contributed by atoms with Crippen molar-refractivity contribution in [2.45, 2.75) is 6.54 Å². The smallest absolute Gasteiger partial charge is 0.343 e. The predicted molar refractivity (Wildman–Crippen MR) is 93.5 cm³/mol. The summed E-state index contributed by atoms with van der Waals surface area (Å²) in [5.74, 6) is -0.713. The van der Waals surface area contributed by atoms with Crippen molar-refractivity contribution >= 4 is 17.7 Å². The highest BCUT2D eigenvalue weighted by molar-refractivity contribution is 6.07. The van der Waals surface area contributed by atoms with Crippen LogP contribution in [0.2, 0.25) is 0 Å². The molecule has 0 atom stereocenters. The lowest BCUT2D eigenvalue weighted by Gasteiger charge is -2.04. The maximum absolute atomic E-state index is 12.3. The van der Waals surface area contributed by atoms with Crippen LogP contribution in [0.1, 0.15) is 26.3 Å². The Morgan fingerprint density at radius 3 is 2.32 bits per heavy atom. The van der Waals surface area contributed by atoms with Gasteiger partial charge in [-0.25, -0.2) is 4.79 Å². The Hall–Kier alpha value is -3.41. The van der Waals surface area contributed by atoms with Gasteiger partial charge in [0, 0.05) is 11.8 Å². The molecule has 126 valence electrons. The zero-order chi connectivity index (χ0) is 17.6. The topological polar surface area (TPSA) is 73.2 Å². The van der Waals surface area contributed by atoms with Crippen molar-refractivity contribution < 1.29 is 14.3 Å². The highest BCUT2D eigenvalue weighted by atomic mass is 16.5. The number of nitrogens with zero attached hydrogens (tertiary/aromatic N) is 2. The zero-order valence-corrected chi connectivity index (χ0v) is 13.7. The second kappa shape index (κ2) is 7.44. The molecule has 1 aromatic heterocycles. The minimum atomic E-state index is -0.553. The highest BCUT2D eigenvalue weighted by Crippen LogP contribution is 2.17. The molecule has 0 aliphatic rings. The minimum absolute atomic E-state index is 0.177. The number of amides is 1. The van der Waals surface area contributed by atoms with Crippen molar-refractivity contribution in [3.05, 3.63) is 83.6 Å². The molecule has 0 aliphatic carbocycles. The fourth-order valence-electron chi connectivity index (χ4n) is 2.39. The molecule has 0 radical (unpaired) electrons. The van der Waals surface area contributed by atoms with E-state index in [9.17, 15) is 9.59 Å². The van der Waals surface area contributed by atoms with Crippen molar-refractivity contribution in [3.8, 4) is 0 Å². The fourth-order valence-corrected chi connectivity index (χ4v) is 2.39. The van der Waals surface area contributed by atoms with E-state index in [-0.39, 0.29) is 17.3 Å². The van der Waals surface area contributed by atoms with Gasteiger partial charge in [0.05, 0.1) is 13.7 Å². The highest BCUT2D eigenvalue weighted by Gasteiger charge is 2.19. The number of esters is 1. The number of methoxy groups -OCH3 is 1. The summed E-state index contributed by atoms with van der Waals surface area (Å²) in [5.41, 5.74) is 1.72. The van der Waals surface area contributed by atoms with E-state index in [1.807, 2.05) is 36.4 Å². The van der Waals surface area contributed by atoms with Gasteiger partial charge in [-0.3, -0.25) is 9.48 Å². The van der Waals surface area contributed by atoms with Crippen LogP contribution in [0.3, 0.4) is 0 Å². The van der Waals surface area contributed by atoms with Crippen molar-refractivity contribution in [3.63, 3.8) is 0 Å². The van der Waals surface area contributed by atoms with E-state index in [1.54, 1.807) is 35.1 Å². The monoisotopic (exact) mass is 335 g/mol. The molecule has 0 saturated heterocycles. The number of hydrogen-bond donors (Lipinski definition) is 1. The average molecular weight is 335 g/mol. The number of ether oxygens (including phenoxy) is 1. The van der Waals surface area contributed by atoms with E-state index in [0.717, 1.165) is 5.56 Å². The summed E-state index contributed by atoms with van der Waals surface area (Å²) in [5, 5.41) is 7.00. The van der Waals surface area contributed by atoms with Crippen LogP contribution in [-0.4, -0.2) is 28.8 Å². The van der Waals surface area contributed by atoms with Gasteiger partial charge in [-0.2, -0.15) is 5.10 Å². The third-order valence-corrected chi connectivity index (χ3v) is 3.62. The third kappa shape index (κ3) is 3.92. The Morgan fingerprint density at radius 2 is 1.68 bits per heavy atom. The minimum Gasteiger partial charge on any atom is -0.465 e. The fraction of sp³-hybridized carbons (Fsp3) is 0.105. The molecule has 0 fully saturated rings. The number of anilines is 1. The van der Waals surface area contributed by atoms with Crippen LogP contribution >= 0.6 is 0 Å². The first-order valence-electron chi connectivity index (χ1n) is 7.73. The molecular weight excluding hydrogens is 318 g/mol. The first-order chi connectivity index (χ1) is 12.2. The Bertz CT molecular complexity index is 873. The van der Waals surface area contributed by atoms with Crippen molar-refractivity contribution in [1.29, 1.82) is 0 Å². The quantitative estimate of drug-likeness (QED) is 0.728. The van der Waals surface area contributed by atoms with Gasteiger partial charge in [0.2, 0.25) is 0 Å². The maximum Gasteiger partial charge on any atom is 0.343 e. The van der Waals surface area contributed by atoms with E-state index in [1.165, 1.54) is 7.11 Å². The number of rotatable bonds is 5. The molecule has 0 aliphatic heterocycles. The predicted octanol–water partition coefficient (Wildman–Crippen LogP) is 2.97. The largest absolute Gasteiger partial charge is 0.465 e. The Morgan fingerprint density at radius 1 is 1.04 bits per heavy atom. The van der Waals surface area contributed by atoms with Gasteiger partial charge in [0.1, 0.15) is 5.56 Å². The number of hydrogen-bond acceptors (Lipinski definition) is 4. The van der Waals surface area contributed by atoms with Gasteiger partial charge in [-0.05, 0) is 17.7 Å². The van der Waals surface area contributed by atoms with Crippen molar-refractivity contribution in [1.82, 2.24) is 9.78 Å². The second-order valence-electron chi connectivity index (χ2n) is 5.39. The van der Waals surface area contributed by atoms with Crippen LogP contribution in [0.15, 0.2) is 66.9 Å². The van der Waals surface area contributed by atoms with Gasteiger partial charge in [-0.15, -0.1) is 0 Å². The van der Waals surface area contributed by atoms with Crippen molar-refractivity contribution in [2.24, 2.45) is 0 Å². The molecule has 0 saturated carbocycles. The number of benzene rings is 2. The zero-order valence-electron chi connectivity index (χ0n) is 13.7. The first kappa shape index (κ1) is 16.4. The number of nitrogens with one attached hydrogen (secondary N) is 1. The lowest BCUT2D eigenvalue weighted by atomic mass is 10.2. The van der Waals surface area contributed by atoms with Crippen molar-refractivity contribution in [2.75, 3.05) is 12.4 Å². The van der Waals surface area contributed by atoms with Gasteiger partial charge in [0.25, 0.3) is 5.91 Å². The van der Waals surface area contributed by atoms with Gasteiger partial charge in [-0.1, -0.05) is 48.5 Å². The third-order valence-electron chi connectivity index (χ3n) is 3.62. The molecular formula is C19H17N3O3. The summed E-state index contributed by atoms with van der Waals surface area (Å²) >= 11 is 0. The molecule has 25 heavy (non-hydrogen) atoms. The normalized spacial score (nSPS) is 10.3. The lowest BCUT2D eigenvalue weighted by molar-refractivity contribution is 0.0602. The van der Waals surface area contributed by atoms with E-state index < -0.39 is 5.97 Å². The lowest BCUT2D eigenvalue weighted by Crippen LogP contribution is -2.15. The molecule has 0 unspecified atom stereocenters. The molecule has 0 bridgehead atoms. The summed E-state index contributed by atoms with van der Waals surface area (Å²) in [6, 6.07) is 18.4. The summed E-state index contributed by atoms with van der Waals surface area (Å²) in [4.78, 5) is 24.3.